The van der Waals surface area contributed by atoms with Gasteiger partial charge in [-0.15, -0.1) is 0 Å². The lowest BCUT2D eigenvalue weighted by atomic mass is 10.1. The number of nitrogens with one attached hydrogen (secondary N) is 1. The van der Waals surface area contributed by atoms with E-state index >= 15 is 0 Å². The summed E-state index contributed by atoms with van der Waals surface area (Å²) in [6, 6.07) is -0.244. The second-order valence-electron chi connectivity index (χ2n) is 3.80. The Labute approximate surface area is 88.5 Å². The van der Waals surface area contributed by atoms with Crippen molar-refractivity contribution in [3.63, 3.8) is 0 Å². The molecule has 0 spiro atoms. The van der Waals surface area contributed by atoms with E-state index in [0.717, 1.165) is 0 Å². The van der Waals surface area contributed by atoms with Crippen molar-refractivity contribution < 1.29 is 14.4 Å². The molecule has 1 rings (SSSR count). The van der Waals surface area contributed by atoms with Gasteiger partial charge >= 0.3 is 0 Å². The van der Waals surface area contributed by atoms with Gasteiger partial charge in [0, 0.05) is 0 Å². The molecule has 0 unspecified atom stereocenters. The van der Waals surface area contributed by atoms with E-state index in [4.69, 9.17) is 9.63 Å². The number of carbonyl (C=O) groups excluding carboxylic acids is 1. The lowest BCUT2D eigenvalue weighted by molar-refractivity contribution is 0.0895. The zero-order valence-corrected chi connectivity index (χ0v) is 9.15. The first-order valence-corrected chi connectivity index (χ1v) is 4.89. The molecule has 0 saturated carbocycles. The van der Waals surface area contributed by atoms with Gasteiger partial charge in [-0.1, -0.05) is 19.0 Å². The van der Waals surface area contributed by atoms with Crippen LogP contribution in [0.3, 0.4) is 0 Å². The van der Waals surface area contributed by atoms with Crippen molar-refractivity contribution in [1.82, 2.24) is 10.5 Å². The first-order valence-electron chi connectivity index (χ1n) is 4.89. The molecule has 0 bridgehead atoms. The number of hydrogen-bond donors (Lipinski definition) is 2. The van der Waals surface area contributed by atoms with Crippen molar-refractivity contribution in [2.45, 2.75) is 26.8 Å². The van der Waals surface area contributed by atoms with Gasteiger partial charge in [-0.3, -0.25) is 4.79 Å². The lowest BCUT2D eigenvalue weighted by Gasteiger charge is -2.19. The van der Waals surface area contributed by atoms with Crippen LogP contribution in [0.15, 0.2) is 10.7 Å². The summed E-state index contributed by atoms with van der Waals surface area (Å²) in [5.41, 5.74) is 0.411. The number of rotatable bonds is 4. The first-order chi connectivity index (χ1) is 7.06. The maximum atomic E-state index is 11.7. The van der Waals surface area contributed by atoms with Crippen LogP contribution in [0, 0.1) is 12.8 Å². The molecule has 1 aromatic heterocycles. The summed E-state index contributed by atoms with van der Waals surface area (Å²) in [6.45, 7) is 5.46. The Balaban J connectivity index is 2.67. The lowest BCUT2D eigenvalue weighted by Crippen LogP contribution is -2.41. The summed E-state index contributed by atoms with van der Waals surface area (Å²) in [5, 5.41) is 15.3. The van der Waals surface area contributed by atoms with Gasteiger partial charge in [0.25, 0.3) is 5.91 Å². The number of aliphatic hydroxyl groups excluding tert-OH is 1. The summed E-state index contributed by atoms with van der Waals surface area (Å²) in [6.07, 6.45) is 1.37. The van der Waals surface area contributed by atoms with Gasteiger partial charge in [-0.25, -0.2) is 0 Å². The van der Waals surface area contributed by atoms with Crippen LogP contribution in [0.2, 0.25) is 0 Å². The van der Waals surface area contributed by atoms with Crippen molar-refractivity contribution in [3.8, 4) is 0 Å². The minimum absolute atomic E-state index is 0.0757. The molecule has 1 aromatic rings. The Hall–Kier alpha value is -1.36. The van der Waals surface area contributed by atoms with E-state index in [1.807, 2.05) is 13.8 Å². The molecule has 0 aliphatic carbocycles. The van der Waals surface area contributed by atoms with Crippen LogP contribution in [0.1, 0.15) is 30.0 Å². The number of aromatic nitrogens is 1. The Bertz CT molecular complexity index is 333. The van der Waals surface area contributed by atoms with Gasteiger partial charge in [0.15, 0.2) is 0 Å². The third-order valence-electron chi connectivity index (χ3n) is 2.31. The monoisotopic (exact) mass is 212 g/mol. The number of hydrogen-bond acceptors (Lipinski definition) is 4. The second-order valence-corrected chi connectivity index (χ2v) is 3.80. The van der Waals surface area contributed by atoms with Crippen LogP contribution < -0.4 is 5.32 Å². The van der Waals surface area contributed by atoms with Crippen molar-refractivity contribution in [2.75, 3.05) is 6.61 Å². The summed E-state index contributed by atoms with van der Waals surface area (Å²) in [7, 11) is 0. The van der Waals surface area contributed by atoms with E-state index in [9.17, 15) is 4.79 Å². The molecular weight excluding hydrogens is 196 g/mol. The Morgan fingerprint density at radius 1 is 1.67 bits per heavy atom. The molecule has 0 aromatic carbocycles. The molecule has 15 heavy (non-hydrogen) atoms. The maximum Gasteiger partial charge on any atom is 0.256 e. The predicted octanol–water partition coefficient (Wildman–Crippen LogP) is 0.730. The fraction of sp³-hybridized carbons (Fsp3) is 0.600. The zero-order valence-electron chi connectivity index (χ0n) is 9.15. The van der Waals surface area contributed by atoms with Gasteiger partial charge < -0.3 is 14.9 Å². The van der Waals surface area contributed by atoms with Crippen LogP contribution in [-0.2, 0) is 0 Å². The van der Waals surface area contributed by atoms with E-state index in [0.29, 0.717) is 11.3 Å². The summed E-state index contributed by atoms with van der Waals surface area (Å²) in [5.74, 6) is 0.397. The van der Waals surface area contributed by atoms with Gasteiger partial charge in [0.05, 0.1) is 18.8 Å². The highest BCUT2D eigenvalue weighted by Crippen LogP contribution is 2.07. The van der Waals surface area contributed by atoms with Crippen LogP contribution in [0.4, 0.5) is 0 Å². The molecule has 1 atom stereocenters. The molecule has 5 heteroatoms. The van der Waals surface area contributed by atoms with Gasteiger partial charge in [0.1, 0.15) is 11.3 Å². The molecule has 0 fully saturated rings. The quantitative estimate of drug-likeness (QED) is 0.771. The molecule has 0 saturated heterocycles. The van der Waals surface area contributed by atoms with Gasteiger partial charge in [-0.2, -0.15) is 0 Å². The standard InChI is InChI=1S/C10H16N2O3/c1-6(2)9(5-13)12-10(14)8-4-11-15-7(8)3/h4,6,9,13H,5H2,1-3H3,(H,12,14)/t9-/m1/s1. The third kappa shape index (κ3) is 2.79. The fourth-order valence-electron chi connectivity index (χ4n) is 1.19. The maximum absolute atomic E-state index is 11.7. The number of aryl methyl sites for hydroxylation is 1. The van der Waals surface area contributed by atoms with Crippen molar-refractivity contribution in [2.24, 2.45) is 5.92 Å². The van der Waals surface area contributed by atoms with Crippen molar-refractivity contribution >= 4 is 5.91 Å². The predicted molar refractivity (Wildman–Crippen MR) is 54.4 cm³/mol. The smallest absolute Gasteiger partial charge is 0.256 e. The molecule has 1 amide bonds. The van der Waals surface area contributed by atoms with E-state index < -0.39 is 0 Å². The zero-order chi connectivity index (χ0) is 11.4. The molecule has 2 N–H and O–H groups in total. The van der Waals surface area contributed by atoms with E-state index in [-0.39, 0.29) is 24.5 Å². The highest BCUT2D eigenvalue weighted by molar-refractivity contribution is 5.94. The highest BCUT2D eigenvalue weighted by atomic mass is 16.5. The first kappa shape index (κ1) is 11.7. The molecule has 5 nitrogen and oxygen atoms in total. The molecule has 0 aliphatic rings. The Morgan fingerprint density at radius 3 is 2.73 bits per heavy atom. The third-order valence-corrected chi connectivity index (χ3v) is 2.31. The van der Waals surface area contributed by atoms with Crippen LogP contribution in [0.5, 0.6) is 0 Å². The topological polar surface area (TPSA) is 75.4 Å². The number of amides is 1. The summed E-state index contributed by atoms with van der Waals surface area (Å²) in [4.78, 5) is 11.7. The Kier molecular flexibility index (Phi) is 3.85. The molecule has 0 aliphatic heterocycles. The second kappa shape index (κ2) is 4.93. The SMILES string of the molecule is Cc1oncc1C(=O)N[C@H](CO)C(C)C. The number of aliphatic hydroxyl groups is 1. The normalized spacial score (nSPS) is 12.9. The molecule has 84 valence electrons. The van der Waals surface area contributed by atoms with Gasteiger partial charge in [-0.05, 0) is 12.8 Å². The van der Waals surface area contributed by atoms with Crippen LogP contribution in [-0.4, -0.2) is 28.8 Å². The number of nitrogens with zero attached hydrogens (tertiary/aromatic N) is 1. The van der Waals surface area contributed by atoms with E-state index in [1.165, 1.54) is 6.20 Å². The molecule has 1 heterocycles. The minimum atomic E-state index is -0.262. The fourth-order valence-corrected chi connectivity index (χ4v) is 1.19. The van der Waals surface area contributed by atoms with Crippen LogP contribution >= 0.6 is 0 Å². The molecule has 0 radical (unpaired) electrons. The summed E-state index contributed by atoms with van der Waals surface area (Å²) >= 11 is 0. The average Bonchev–Trinajstić information content (AvgIpc) is 2.60. The van der Waals surface area contributed by atoms with Gasteiger partial charge in [0.2, 0.25) is 0 Å². The van der Waals surface area contributed by atoms with Crippen LogP contribution in [0.25, 0.3) is 0 Å². The minimum Gasteiger partial charge on any atom is -0.394 e. The van der Waals surface area contributed by atoms with E-state index in [2.05, 4.69) is 10.5 Å². The highest BCUT2D eigenvalue weighted by Gasteiger charge is 2.19. The van der Waals surface area contributed by atoms with E-state index in [1.54, 1.807) is 6.92 Å². The van der Waals surface area contributed by atoms with Crippen molar-refractivity contribution in [3.05, 3.63) is 17.5 Å². The summed E-state index contributed by atoms with van der Waals surface area (Å²) < 4.78 is 4.79. The number of carbonyl (C=O) groups is 1. The Morgan fingerprint density at radius 2 is 2.33 bits per heavy atom. The van der Waals surface area contributed by atoms with Crippen molar-refractivity contribution in [1.29, 1.82) is 0 Å². The largest absolute Gasteiger partial charge is 0.394 e. The molecular formula is C10H16N2O3. The average molecular weight is 212 g/mol.